The Hall–Kier alpha value is -4.01. The lowest BCUT2D eigenvalue weighted by Gasteiger charge is -2.15. The maximum absolute atomic E-state index is 11.9. The Morgan fingerprint density at radius 2 is 1.68 bits per heavy atom. The Balaban J connectivity index is 1.93. The van der Waals surface area contributed by atoms with Crippen LogP contribution in [0, 0.1) is 4.91 Å². The smallest absolute Gasteiger partial charge is 0.328 e. The largest absolute Gasteiger partial charge is 0.493 e. The zero-order valence-electron chi connectivity index (χ0n) is 14.7. The van der Waals surface area contributed by atoms with E-state index in [1.54, 1.807) is 0 Å². The number of amides is 4. The number of ether oxygens (including phenoxy) is 2. The third-order valence-electron chi connectivity index (χ3n) is 3.89. The Bertz CT molecular complexity index is 963. The van der Waals surface area contributed by atoms with Gasteiger partial charge in [0.2, 0.25) is 0 Å². The topological polar surface area (TPSA) is 123 Å². The van der Waals surface area contributed by atoms with Gasteiger partial charge in [-0.2, -0.15) is 0 Å². The van der Waals surface area contributed by atoms with Gasteiger partial charge in [0, 0.05) is 11.6 Å². The Kier molecular flexibility index (Phi) is 5.45. The predicted molar refractivity (Wildman–Crippen MR) is 98.9 cm³/mol. The van der Waals surface area contributed by atoms with Gasteiger partial charge in [-0.05, 0) is 22.9 Å². The number of hydrogen-bond donors (Lipinski definition) is 2. The van der Waals surface area contributed by atoms with Crippen molar-refractivity contribution in [3.05, 3.63) is 64.1 Å². The molecule has 142 valence electrons. The molecule has 0 bridgehead atoms. The van der Waals surface area contributed by atoms with Gasteiger partial charge >= 0.3 is 6.03 Å². The van der Waals surface area contributed by atoms with Crippen molar-refractivity contribution < 1.29 is 23.9 Å². The molecule has 1 aliphatic heterocycles. The van der Waals surface area contributed by atoms with E-state index in [1.165, 1.54) is 19.2 Å². The number of rotatable bonds is 6. The average molecular weight is 381 g/mol. The minimum atomic E-state index is -0.914. The van der Waals surface area contributed by atoms with Gasteiger partial charge in [-0.1, -0.05) is 30.3 Å². The molecule has 1 aliphatic rings. The molecule has 2 N–H and O–H groups in total. The molecule has 9 nitrogen and oxygen atoms in total. The molecule has 1 heterocycles. The Morgan fingerprint density at radius 3 is 2.29 bits per heavy atom. The summed E-state index contributed by atoms with van der Waals surface area (Å²) in [5, 5.41) is 6.84. The van der Waals surface area contributed by atoms with Crippen LogP contribution in [0.25, 0.3) is 6.08 Å². The van der Waals surface area contributed by atoms with Crippen molar-refractivity contribution in [2.45, 2.75) is 6.61 Å². The summed E-state index contributed by atoms with van der Waals surface area (Å²) in [6.07, 6.45) is 1.15. The van der Waals surface area contributed by atoms with Gasteiger partial charge in [0.1, 0.15) is 17.9 Å². The van der Waals surface area contributed by atoms with E-state index in [1.807, 2.05) is 41.0 Å². The van der Waals surface area contributed by atoms with Crippen LogP contribution in [0.5, 0.6) is 11.5 Å². The third kappa shape index (κ3) is 4.04. The van der Waals surface area contributed by atoms with Gasteiger partial charge in [-0.3, -0.25) is 20.2 Å². The van der Waals surface area contributed by atoms with Crippen molar-refractivity contribution in [2.75, 3.05) is 7.11 Å². The molecule has 28 heavy (non-hydrogen) atoms. The van der Waals surface area contributed by atoms with Crippen LogP contribution in [0.3, 0.4) is 0 Å². The lowest BCUT2D eigenvalue weighted by atomic mass is 10.1. The highest BCUT2D eigenvalue weighted by Gasteiger charge is 2.28. The Labute approximate surface area is 159 Å². The van der Waals surface area contributed by atoms with E-state index >= 15 is 0 Å². The monoisotopic (exact) mass is 381 g/mol. The summed E-state index contributed by atoms with van der Waals surface area (Å²) in [5.74, 6) is -1.21. The van der Waals surface area contributed by atoms with E-state index in [0.717, 1.165) is 11.6 Å². The summed E-state index contributed by atoms with van der Waals surface area (Å²) in [6.45, 7) is 0.239. The summed E-state index contributed by atoms with van der Waals surface area (Å²) < 4.78 is 11.0. The molecule has 1 fully saturated rings. The minimum Gasteiger partial charge on any atom is -0.493 e. The number of methoxy groups -OCH3 is 1. The molecular formula is C19H15N3O6. The average Bonchev–Trinajstić information content (AvgIpc) is 2.69. The fraction of sp³-hybridized carbons (Fsp3) is 0.105. The first-order valence-corrected chi connectivity index (χ1v) is 8.12. The number of benzene rings is 2. The predicted octanol–water partition coefficient (Wildman–Crippen LogP) is 2.42. The fourth-order valence-electron chi connectivity index (χ4n) is 2.53. The van der Waals surface area contributed by atoms with Crippen LogP contribution in [0.1, 0.15) is 11.1 Å². The molecule has 2 aromatic rings. The second-order valence-electron chi connectivity index (χ2n) is 5.72. The molecule has 9 heteroatoms. The number of barbiturate groups is 1. The zero-order chi connectivity index (χ0) is 20.1. The molecule has 2 aromatic carbocycles. The maximum Gasteiger partial charge on any atom is 0.328 e. The number of nitroso groups, excluding NO2 is 1. The first-order valence-electron chi connectivity index (χ1n) is 8.12. The third-order valence-corrected chi connectivity index (χ3v) is 3.89. The SMILES string of the molecule is COc1cc(C=C2C(=O)NC(=O)NC2=O)c(N=O)cc1OCc1ccccc1. The quantitative estimate of drug-likeness (QED) is 0.450. The van der Waals surface area contributed by atoms with Crippen LogP contribution in [-0.4, -0.2) is 25.0 Å². The van der Waals surface area contributed by atoms with Gasteiger partial charge in [0.05, 0.1) is 7.11 Å². The molecule has 4 amide bonds. The van der Waals surface area contributed by atoms with Crippen molar-refractivity contribution in [3.63, 3.8) is 0 Å². The lowest BCUT2D eigenvalue weighted by Crippen LogP contribution is -2.51. The maximum atomic E-state index is 11.9. The van der Waals surface area contributed by atoms with Crippen LogP contribution in [0.4, 0.5) is 10.5 Å². The molecule has 0 atom stereocenters. The molecule has 0 spiro atoms. The number of hydrogen-bond acceptors (Lipinski definition) is 7. The second kappa shape index (κ2) is 8.12. The van der Waals surface area contributed by atoms with Gasteiger partial charge in [0.15, 0.2) is 11.5 Å². The molecular weight excluding hydrogens is 366 g/mol. The van der Waals surface area contributed by atoms with E-state index in [4.69, 9.17) is 9.47 Å². The van der Waals surface area contributed by atoms with Crippen molar-refractivity contribution in [1.29, 1.82) is 0 Å². The van der Waals surface area contributed by atoms with E-state index in [-0.39, 0.29) is 34.9 Å². The highest BCUT2D eigenvalue weighted by atomic mass is 16.5. The second-order valence-corrected chi connectivity index (χ2v) is 5.72. The van der Waals surface area contributed by atoms with Gasteiger partial charge < -0.3 is 9.47 Å². The van der Waals surface area contributed by atoms with E-state index < -0.39 is 17.8 Å². The molecule has 0 aliphatic carbocycles. The summed E-state index contributed by atoms with van der Waals surface area (Å²) in [6, 6.07) is 11.2. The van der Waals surface area contributed by atoms with Crippen LogP contribution >= 0.6 is 0 Å². The standard InChI is InChI=1S/C19H15N3O6/c1-27-15-8-12(7-13-17(23)20-19(25)21-18(13)24)14(22-26)9-16(15)28-10-11-5-3-2-4-6-11/h2-9H,10H2,1H3,(H2,20,21,23,24,25). The first-order chi connectivity index (χ1) is 13.5. The number of nitrogens with one attached hydrogen (secondary N) is 2. The van der Waals surface area contributed by atoms with Gasteiger partial charge in [0.25, 0.3) is 11.8 Å². The molecule has 0 saturated carbocycles. The van der Waals surface area contributed by atoms with Crippen LogP contribution in [0.2, 0.25) is 0 Å². The summed E-state index contributed by atoms with van der Waals surface area (Å²) in [4.78, 5) is 46.2. The summed E-state index contributed by atoms with van der Waals surface area (Å²) in [5.41, 5.74) is 0.670. The number of imide groups is 2. The molecule has 0 unspecified atom stereocenters. The zero-order valence-corrected chi connectivity index (χ0v) is 14.7. The molecule has 1 saturated heterocycles. The van der Waals surface area contributed by atoms with Gasteiger partial charge in [-0.15, -0.1) is 4.91 Å². The first kappa shape index (κ1) is 18.8. The minimum absolute atomic E-state index is 0.0612. The highest BCUT2D eigenvalue weighted by Crippen LogP contribution is 2.36. The Morgan fingerprint density at radius 1 is 1.00 bits per heavy atom. The number of carbonyl (C=O) groups is 3. The van der Waals surface area contributed by atoms with Crippen molar-refractivity contribution in [2.24, 2.45) is 5.18 Å². The van der Waals surface area contributed by atoms with E-state index in [9.17, 15) is 19.3 Å². The normalized spacial score (nSPS) is 13.5. The number of urea groups is 1. The molecule has 0 radical (unpaired) electrons. The van der Waals surface area contributed by atoms with Crippen LogP contribution < -0.4 is 20.1 Å². The van der Waals surface area contributed by atoms with Crippen molar-refractivity contribution in [3.8, 4) is 11.5 Å². The fourth-order valence-corrected chi connectivity index (χ4v) is 2.53. The number of carbonyl (C=O) groups excluding carboxylic acids is 3. The van der Waals surface area contributed by atoms with Crippen molar-refractivity contribution >= 4 is 29.6 Å². The van der Waals surface area contributed by atoms with E-state index in [2.05, 4.69) is 5.18 Å². The van der Waals surface area contributed by atoms with E-state index in [0.29, 0.717) is 0 Å². The van der Waals surface area contributed by atoms with Crippen LogP contribution in [-0.2, 0) is 16.2 Å². The number of nitrogens with zero attached hydrogens (tertiary/aromatic N) is 1. The van der Waals surface area contributed by atoms with Crippen molar-refractivity contribution in [1.82, 2.24) is 10.6 Å². The summed E-state index contributed by atoms with van der Waals surface area (Å²) >= 11 is 0. The molecule has 3 rings (SSSR count). The molecule has 0 aromatic heterocycles. The summed E-state index contributed by atoms with van der Waals surface area (Å²) in [7, 11) is 1.41. The lowest BCUT2D eigenvalue weighted by molar-refractivity contribution is -0.123. The highest BCUT2D eigenvalue weighted by molar-refractivity contribution is 6.31. The van der Waals surface area contributed by atoms with Gasteiger partial charge in [-0.25, -0.2) is 4.79 Å². The van der Waals surface area contributed by atoms with Crippen LogP contribution in [0.15, 0.2) is 53.2 Å².